The van der Waals surface area contributed by atoms with E-state index in [1.54, 1.807) is 15.9 Å². The van der Waals surface area contributed by atoms with Crippen LogP contribution in [-0.4, -0.2) is 66.9 Å². The highest BCUT2D eigenvalue weighted by Gasteiger charge is 2.41. The molecule has 130 valence electrons. The minimum atomic E-state index is -3.65. The van der Waals surface area contributed by atoms with Gasteiger partial charge in [0, 0.05) is 45.0 Å². The van der Waals surface area contributed by atoms with Gasteiger partial charge >= 0.3 is 0 Å². The molecule has 2 rings (SSSR count). The first-order valence-electron chi connectivity index (χ1n) is 7.73. The second kappa shape index (κ2) is 6.26. The van der Waals surface area contributed by atoms with Crippen molar-refractivity contribution in [2.75, 3.05) is 20.6 Å². The summed E-state index contributed by atoms with van der Waals surface area (Å²) in [6.07, 6.45) is 1.50. The Labute approximate surface area is 138 Å². The summed E-state index contributed by atoms with van der Waals surface area (Å²) in [5.74, 6) is -0.304. The van der Waals surface area contributed by atoms with Crippen molar-refractivity contribution >= 4 is 15.9 Å². The third-order valence-corrected chi connectivity index (χ3v) is 6.86. The lowest BCUT2D eigenvalue weighted by molar-refractivity contribution is 0.0711. The fraction of sp³-hybridized carbons (Fsp3) is 0.667. The fourth-order valence-electron chi connectivity index (χ4n) is 3.25. The van der Waals surface area contributed by atoms with E-state index in [1.807, 2.05) is 27.8 Å². The van der Waals surface area contributed by atoms with Gasteiger partial charge in [0.1, 0.15) is 10.6 Å². The van der Waals surface area contributed by atoms with E-state index >= 15 is 0 Å². The lowest BCUT2D eigenvalue weighted by atomic mass is 10.1. The van der Waals surface area contributed by atoms with E-state index in [0.717, 1.165) is 0 Å². The monoisotopic (exact) mass is 342 g/mol. The molecule has 7 nitrogen and oxygen atoms in total. The number of hydrogen-bond donors (Lipinski definition) is 1. The van der Waals surface area contributed by atoms with Gasteiger partial charge in [-0.15, -0.1) is 0 Å². The quantitative estimate of drug-likeness (QED) is 0.867. The zero-order valence-corrected chi connectivity index (χ0v) is 15.4. The number of piperazine rings is 1. The number of likely N-dealkylation sites (N-methyl/N-ethyl adjacent to an activating group) is 1. The van der Waals surface area contributed by atoms with E-state index in [0.29, 0.717) is 12.2 Å². The first kappa shape index (κ1) is 18.0. The summed E-state index contributed by atoms with van der Waals surface area (Å²) in [6.45, 7) is 6.55. The Kier molecular flexibility index (Phi) is 4.89. The van der Waals surface area contributed by atoms with Crippen molar-refractivity contribution in [3.8, 4) is 0 Å². The molecule has 1 amide bonds. The first-order valence-corrected chi connectivity index (χ1v) is 9.17. The maximum atomic E-state index is 13.1. The van der Waals surface area contributed by atoms with Crippen molar-refractivity contribution in [1.82, 2.24) is 19.1 Å². The van der Waals surface area contributed by atoms with Crippen LogP contribution in [0.25, 0.3) is 0 Å². The molecule has 0 bridgehead atoms. The second-order valence-electron chi connectivity index (χ2n) is 6.36. The van der Waals surface area contributed by atoms with Gasteiger partial charge < -0.3 is 14.8 Å². The zero-order chi connectivity index (χ0) is 17.5. The molecule has 1 fully saturated rings. The van der Waals surface area contributed by atoms with Crippen molar-refractivity contribution < 1.29 is 13.2 Å². The number of nitrogens with one attached hydrogen (secondary N) is 1. The third-order valence-electron chi connectivity index (χ3n) is 4.80. The average molecular weight is 342 g/mol. The number of aryl methyl sites for hydroxylation is 1. The van der Waals surface area contributed by atoms with Gasteiger partial charge in [-0.1, -0.05) is 0 Å². The Bertz CT molecular complexity index is 698. The number of hydrogen-bond acceptors (Lipinski definition) is 4. The fourth-order valence-corrected chi connectivity index (χ4v) is 5.20. The lowest BCUT2D eigenvalue weighted by Crippen LogP contribution is -2.61. The molecular formula is C15H26N4O3S. The van der Waals surface area contributed by atoms with Crippen LogP contribution < -0.4 is 5.32 Å². The molecule has 0 aromatic carbocycles. The standard InChI is InChI=1S/C15H26N4O3S/c1-10-8-17(5)11(2)12(3)19(10)23(21,22)13-7-14(15(20)16-4)18(6)9-13/h7,9-12H,8H2,1-6H3,(H,16,20). The number of sulfonamides is 1. The Morgan fingerprint density at radius 1 is 1.22 bits per heavy atom. The van der Waals surface area contributed by atoms with E-state index in [2.05, 4.69) is 10.2 Å². The van der Waals surface area contributed by atoms with Gasteiger partial charge in [0.15, 0.2) is 0 Å². The van der Waals surface area contributed by atoms with Crippen molar-refractivity contribution in [3.63, 3.8) is 0 Å². The average Bonchev–Trinajstić information content (AvgIpc) is 2.86. The number of carbonyl (C=O) groups is 1. The summed E-state index contributed by atoms with van der Waals surface area (Å²) < 4.78 is 29.3. The van der Waals surface area contributed by atoms with Crippen LogP contribution in [0.5, 0.6) is 0 Å². The Balaban J connectivity index is 2.44. The van der Waals surface area contributed by atoms with Crippen molar-refractivity contribution in [1.29, 1.82) is 0 Å². The lowest BCUT2D eigenvalue weighted by Gasteiger charge is -2.46. The summed E-state index contributed by atoms with van der Waals surface area (Å²) >= 11 is 0. The number of amides is 1. The minimum absolute atomic E-state index is 0.125. The molecule has 1 N–H and O–H groups in total. The summed E-state index contributed by atoms with van der Waals surface area (Å²) in [7, 11) is 1.55. The number of nitrogens with zero attached hydrogens (tertiary/aromatic N) is 3. The number of aromatic nitrogens is 1. The van der Waals surface area contributed by atoms with Crippen LogP contribution in [0.1, 0.15) is 31.3 Å². The molecule has 1 saturated heterocycles. The predicted molar refractivity (Wildman–Crippen MR) is 88.8 cm³/mol. The predicted octanol–water partition coefficient (Wildman–Crippen LogP) is 0.486. The maximum Gasteiger partial charge on any atom is 0.267 e. The van der Waals surface area contributed by atoms with Gasteiger partial charge in [0.2, 0.25) is 10.0 Å². The highest BCUT2D eigenvalue weighted by Crippen LogP contribution is 2.28. The Morgan fingerprint density at radius 2 is 1.83 bits per heavy atom. The topological polar surface area (TPSA) is 74.7 Å². The molecule has 8 heteroatoms. The SMILES string of the molecule is CNC(=O)c1cc(S(=O)(=O)N2C(C)CN(C)C(C)C2C)cn1C. The van der Waals surface area contributed by atoms with Crippen LogP contribution in [0, 0.1) is 0 Å². The molecule has 23 heavy (non-hydrogen) atoms. The molecule has 2 heterocycles. The molecular weight excluding hydrogens is 316 g/mol. The van der Waals surface area contributed by atoms with Gasteiger partial charge in [0.05, 0.1) is 0 Å². The zero-order valence-electron chi connectivity index (χ0n) is 14.6. The van der Waals surface area contributed by atoms with Crippen LogP contribution in [0.15, 0.2) is 17.2 Å². The molecule has 3 atom stereocenters. The van der Waals surface area contributed by atoms with E-state index in [-0.39, 0.29) is 28.9 Å². The van der Waals surface area contributed by atoms with E-state index in [4.69, 9.17) is 0 Å². The molecule has 0 aliphatic carbocycles. The van der Waals surface area contributed by atoms with Crippen LogP contribution in [0.4, 0.5) is 0 Å². The van der Waals surface area contributed by atoms with Gasteiger partial charge in [-0.2, -0.15) is 4.31 Å². The van der Waals surface area contributed by atoms with Gasteiger partial charge in [-0.25, -0.2) is 8.42 Å². The maximum absolute atomic E-state index is 13.1. The van der Waals surface area contributed by atoms with Crippen molar-refractivity contribution in [3.05, 3.63) is 18.0 Å². The molecule has 1 aliphatic rings. The Morgan fingerprint density at radius 3 is 2.39 bits per heavy atom. The minimum Gasteiger partial charge on any atom is -0.354 e. The smallest absolute Gasteiger partial charge is 0.267 e. The summed E-state index contributed by atoms with van der Waals surface area (Å²) in [5, 5.41) is 2.52. The van der Waals surface area contributed by atoms with Gasteiger partial charge in [-0.05, 0) is 33.9 Å². The van der Waals surface area contributed by atoms with E-state index in [1.165, 1.54) is 19.3 Å². The molecule has 3 unspecified atom stereocenters. The van der Waals surface area contributed by atoms with Crippen LogP contribution >= 0.6 is 0 Å². The molecule has 0 spiro atoms. The van der Waals surface area contributed by atoms with Gasteiger partial charge in [0.25, 0.3) is 5.91 Å². The normalized spacial score (nSPS) is 27.1. The number of carbonyl (C=O) groups excluding carboxylic acids is 1. The molecule has 1 aromatic rings. The van der Waals surface area contributed by atoms with Crippen molar-refractivity contribution in [2.24, 2.45) is 7.05 Å². The highest BCUT2D eigenvalue weighted by atomic mass is 32.2. The largest absolute Gasteiger partial charge is 0.354 e. The van der Waals surface area contributed by atoms with Gasteiger partial charge in [-0.3, -0.25) is 4.79 Å². The number of rotatable bonds is 3. The van der Waals surface area contributed by atoms with E-state index in [9.17, 15) is 13.2 Å². The van der Waals surface area contributed by atoms with Crippen molar-refractivity contribution in [2.45, 2.75) is 43.8 Å². The molecule has 0 saturated carbocycles. The molecule has 1 aromatic heterocycles. The summed E-state index contributed by atoms with van der Waals surface area (Å²) in [5.41, 5.74) is 0.327. The third kappa shape index (κ3) is 3.02. The van der Waals surface area contributed by atoms with E-state index < -0.39 is 10.0 Å². The molecule has 1 aliphatic heterocycles. The summed E-state index contributed by atoms with van der Waals surface area (Å²) in [6, 6.07) is 1.30. The highest BCUT2D eigenvalue weighted by molar-refractivity contribution is 7.89. The molecule has 0 radical (unpaired) electrons. The summed E-state index contributed by atoms with van der Waals surface area (Å²) in [4.78, 5) is 14.2. The Hall–Kier alpha value is -1.38. The first-order chi connectivity index (χ1) is 10.6. The van der Waals surface area contributed by atoms with Crippen LogP contribution in [0.2, 0.25) is 0 Å². The van der Waals surface area contributed by atoms with Crippen LogP contribution in [-0.2, 0) is 17.1 Å². The van der Waals surface area contributed by atoms with Crippen LogP contribution in [0.3, 0.4) is 0 Å². The second-order valence-corrected chi connectivity index (χ2v) is 8.20.